The Bertz CT molecular complexity index is 827. The number of hydrogen-bond donors (Lipinski definition) is 1. The van der Waals surface area contributed by atoms with Crippen LogP contribution in [0, 0.1) is 19.7 Å². The fourth-order valence-corrected chi connectivity index (χ4v) is 2.52. The van der Waals surface area contributed by atoms with E-state index in [0.717, 1.165) is 4.90 Å². The molecule has 0 bridgehead atoms. The van der Waals surface area contributed by atoms with Crippen molar-refractivity contribution in [3.63, 3.8) is 0 Å². The standard InChI is InChI=1S/C17H19FN4O3/c1-10-15(11(2)21(3)20-10)16(24)17(25)22(9-8-14(19)23)13-6-4-12(18)5-7-13/h4-7H,8-9H2,1-3H3,(H2,19,23). The molecule has 2 amide bonds. The summed E-state index contributed by atoms with van der Waals surface area (Å²) in [5.41, 5.74) is 6.67. The molecule has 0 unspecified atom stereocenters. The third-order valence-electron chi connectivity index (χ3n) is 3.90. The molecule has 7 nitrogen and oxygen atoms in total. The minimum Gasteiger partial charge on any atom is -0.370 e. The van der Waals surface area contributed by atoms with E-state index in [4.69, 9.17) is 5.73 Å². The van der Waals surface area contributed by atoms with Gasteiger partial charge in [0.1, 0.15) is 5.82 Å². The van der Waals surface area contributed by atoms with E-state index in [0.29, 0.717) is 17.1 Å². The highest BCUT2D eigenvalue weighted by molar-refractivity contribution is 6.47. The van der Waals surface area contributed by atoms with Crippen LogP contribution in [-0.4, -0.2) is 33.9 Å². The Kier molecular flexibility index (Phi) is 5.31. The lowest BCUT2D eigenvalue weighted by Crippen LogP contribution is -2.39. The van der Waals surface area contributed by atoms with Crippen LogP contribution in [0.3, 0.4) is 0 Å². The summed E-state index contributed by atoms with van der Waals surface area (Å²) in [4.78, 5) is 37.7. The molecule has 1 heterocycles. The number of rotatable bonds is 6. The van der Waals surface area contributed by atoms with Crippen LogP contribution in [0.1, 0.15) is 28.2 Å². The largest absolute Gasteiger partial charge is 0.370 e. The molecule has 2 rings (SSSR count). The Balaban J connectivity index is 2.38. The number of anilines is 1. The summed E-state index contributed by atoms with van der Waals surface area (Å²) >= 11 is 0. The fourth-order valence-electron chi connectivity index (χ4n) is 2.52. The molecule has 8 heteroatoms. The molecule has 1 aromatic carbocycles. The zero-order valence-electron chi connectivity index (χ0n) is 14.2. The van der Waals surface area contributed by atoms with Gasteiger partial charge < -0.3 is 10.6 Å². The number of carbonyl (C=O) groups excluding carboxylic acids is 3. The maximum Gasteiger partial charge on any atom is 0.299 e. The lowest BCUT2D eigenvalue weighted by Gasteiger charge is -2.21. The van der Waals surface area contributed by atoms with Crippen LogP contribution in [0.2, 0.25) is 0 Å². The van der Waals surface area contributed by atoms with Gasteiger partial charge in [0.15, 0.2) is 0 Å². The lowest BCUT2D eigenvalue weighted by molar-refractivity contribution is -0.118. The minimum absolute atomic E-state index is 0.0795. The number of benzene rings is 1. The van der Waals surface area contributed by atoms with Gasteiger partial charge in [-0.1, -0.05) is 0 Å². The number of Topliss-reactive ketones (excluding diaryl/α,β-unsaturated/α-hetero) is 1. The molecule has 0 fully saturated rings. The van der Waals surface area contributed by atoms with Crippen molar-refractivity contribution in [1.29, 1.82) is 0 Å². The number of ketones is 1. The van der Waals surface area contributed by atoms with Crippen molar-refractivity contribution < 1.29 is 18.8 Å². The van der Waals surface area contributed by atoms with Crippen LogP contribution in [0.4, 0.5) is 10.1 Å². The van der Waals surface area contributed by atoms with E-state index in [1.54, 1.807) is 20.9 Å². The summed E-state index contributed by atoms with van der Waals surface area (Å²) in [5.74, 6) is -2.65. The van der Waals surface area contributed by atoms with Crippen LogP contribution in [-0.2, 0) is 16.6 Å². The van der Waals surface area contributed by atoms with Crippen molar-refractivity contribution in [2.45, 2.75) is 20.3 Å². The highest BCUT2D eigenvalue weighted by atomic mass is 19.1. The predicted octanol–water partition coefficient (Wildman–Crippen LogP) is 1.27. The number of halogens is 1. The first-order chi connectivity index (χ1) is 11.7. The summed E-state index contributed by atoms with van der Waals surface area (Å²) in [6.45, 7) is 3.25. The Morgan fingerprint density at radius 3 is 2.28 bits per heavy atom. The molecule has 1 aromatic heterocycles. The Labute approximate surface area is 144 Å². The number of primary amides is 1. The van der Waals surface area contributed by atoms with Gasteiger partial charge in [0.05, 0.1) is 11.3 Å². The van der Waals surface area contributed by atoms with Gasteiger partial charge >= 0.3 is 0 Å². The zero-order chi connectivity index (χ0) is 18.7. The number of aromatic nitrogens is 2. The maximum atomic E-state index is 13.1. The summed E-state index contributed by atoms with van der Waals surface area (Å²) < 4.78 is 14.7. The van der Waals surface area contributed by atoms with Crippen LogP contribution < -0.4 is 10.6 Å². The molecule has 0 aliphatic carbocycles. The molecule has 0 aliphatic heterocycles. The third-order valence-corrected chi connectivity index (χ3v) is 3.90. The molecule has 2 N–H and O–H groups in total. The normalized spacial score (nSPS) is 10.6. The summed E-state index contributed by atoms with van der Waals surface area (Å²) in [6, 6.07) is 5.07. The first-order valence-corrected chi connectivity index (χ1v) is 7.62. The van der Waals surface area contributed by atoms with E-state index in [1.165, 1.54) is 28.9 Å². The van der Waals surface area contributed by atoms with Crippen molar-refractivity contribution in [2.75, 3.05) is 11.4 Å². The van der Waals surface area contributed by atoms with Gasteiger partial charge in [0.25, 0.3) is 11.7 Å². The molecule has 25 heavy (non-hydrogen) atoms. The Morgan fingerprint density at radius 2 is 1.80 bits per heavy atom. The Morgan fingerprint density at radius 1 is 1.20 bits per heavy atom. The van der Waals surface area contributed by atoms with Gasteiger partial charge in [-0.15, -0.1) is 0 Å². The molecule has 132 valence electrons. The number of amides is 2. The molecule has 0 atom stereocenters. The smallest absolute Gasteiger partial charge is 0.299 e. The summed E-state index contributed by atoms with van der Waals surface area (Å²) in [7, 11) is 1.68. The molecular weight excluding hydrogens is 327 g/mol. The zero-order valence-corrected chi connectivity index (χ0v) is 14.2. The summed E-state index contributed by atoms with van der Waals surface area (Å²) in [6.07, 6.45) is -0.124. The van der Waals surface area contributed by atoms with Crippen LogP contribution in [0.5, 0.6) is 0 Å². The van der Waals surface area contributed by atoms with Crippen molar-refractivity contribution in [2.24, 2.45) is 12.8 Å². The first-order valence-electron chi connectivity index (χ1n) is 7.62. The fraction of sp³-hybridized carbons (Fsp3) is 0.294. The number of aryl methyl sites for hydroxylation is 2. The van der Waals surface area contributed by atoms with E-state index < -0.39 is 23.4 Å². The number of hydrogen-bond acceptors (Lipinski definition) is 4. The second kappa shape index (κ2) is 7.25. The maximum absolute atomic E-state index is 13.1. The van der Waals surface area contributed by atoms with E-state index in [2.05, 4.69) is 5.10 Å². The van der Waals surface area contributed by atoms with Crippen molar-refractivity contribution in [1.82, 2.24) is 9.78 Å². The van der Waals surface area contributed by atoms with Gasteiger partial charge in [-0.2, -0.15) is 5.10 Å². The molecule has 0 aliphatic rings. The first kappa shape index (κ1) is 18.3. The van der Waals surface area contributed by atoms with Gasteiger partial charge in [-0.25, -0.2) is 4.39 Å². The predicted molar refractivity (Wildman–Crippen MR) is 89.6 cm³/mol. The highest BCUT2D eigenvalue weighted by Gasteiger charge is 2.29. The minimum atomic E-state index is -0.827. The molecule has 0 saturated heterocycles. The lowest BCUT2D eigenvalue weighted by atomic mass is 10.1. The molecule has 0 radical (unpaired) electrons. The van der Waals surface area contributed by atoms with Crippen LogP contribution >= 0.6 is 0 Å². The van der Waals surface area contributed by atoms with Crippen molar-refractivity contribution in [3.05, 3.63) is 47.0 Å². The number of carbonyl (C=O) groups is 3. The number of nitrogens with zero attached hydrogens (tertiary/aromatic N) is 3. The third kappa shape index (κ3) is 3.90. The topological polar surface area (TPSA) is 98.3 Å². The van der Waals surface area contributed by atoms with E-state index in [1.807, 2.05) is 0 Å². The summed E-state index contributed by atoms with van der Waals surface area (Å²) in [5, 5.41) is 4.13. The van der Waals surface area contributed by atoms with Gasteiger partial charge in [-0.3, -0.25) is 19.1 Å². The Hall–Kier alpha value is -3.03. The highest BCUT2D eigenvalue weighted by Crippen LogP contribution is 2.19. The number of nitrogens with two attached hydrogens (primary N) is 1. The second-order valence-corrected chi connectivity index (χ2v) is 5.65. The van der Waals surface area contributed by atoms with Gasteiger partial charge in [0.2, 0.25) is 5.91 Å². The molecule has 0 spiro atoms. The van der Waals surface area contributed by atoms with Gasteiger partial charge in [-0.05, 0) is 38.1 Å². The van der Waals surface area contributed by atoms with E-state index in [9.17, 15) is 18.8 Å². The van der Waals surface area contributed by atoms with Crippen molar-refractivity contribution in [3.8, 4) is 0 Å². The quantitative estimate of drug-likeness (QED) is 0.629. The SMILES string of the molecule is Cc1nn(C)c(C)c1C(=O)C(=O)N(CCC(N)=O)c1ccc(F)cc1. The van der Waals surface area contributed by atoms with Crippen LogP contribution in [0.15, 0.2) is 24.3 Å². The average molecular weight is 346 g/mol. The average Bonchev–Trinajstić information content (AvgIpc) is 2.80. The van der Waals surface area contributed by atoms with Crippen LogP contribution in [0.25, 0.3) is 0 Å². The molecule has 2 aromatic rings. The molecular formula is C17H19FN4O3. The van der Waals surface area contributed by atoms with Gasteiger partial charge in [0, 0.05) is 31.4 Å². The monoisotopic (exact) mass is 346 g/mol. The molecule has 0 saturated carbocycles. The van der Waals surface area contributed by atoms with E-state index >= 15 is 0 Å². The second-order valence-electron chi connectivity index (χ2n) is 5.65. The van der Waals surface area contributed by atoms with Crippen molar-refractivity contribution >= 4 is 23.3 Å². The van der Waals surface area contributed by atoms with E-state index in [-0.39, 0.29) is 18.5 Å².